The van der Waals surface area contributed by atoms with Crippen molar-refractivity contribution in [2.24, 2.45) is 0 Å². The van der Waals surface area contributed by atoms with Gasteiger partial charge < -0.3 is 14.2 Å². The van der Waals surface area contributed by atoms with Crippen molar-refractivity contribution in [2.75, 3.05) is 9.80 Å². The van der Waals surface area contributed by atoms with E-state index in [9.17, 15) is 0 Å². The van der Waals surface area contributed by atoms with Gasteiger partial charge in [0.15, 0.2) is 0 Å². The number of nitrogens with zero attached hydrogens (tertiary/aromatic N) is 2. The Morgan fingerprint density at radius 3 is 1.69 bits per heavy atom. The van der Waals surface area contributed by atoms with Gasteiger partial charge in [-0.1, -0.05) is 140 Å². The van der Waals surface area contributed by atoms with Gasteiger partial charge in [-0.15, -0.1) is 0 Å². The molecular weight excluding hydrogens is 631 g/mol. The van der Waals surface area contributed by atoms with Gasteiger partial charge in [0, 0.05) is 50.3 Å². The molecule has 0 radical (unpaired) electrons. The maximum absolute atomic E-state index is 6.57. The summed E-state index contributed by atoms with van der Waals surface area (Å²) in [6.45, 7) is -0.00436. The molecule has 242 valence electrons. The Morgan fingerprint density at radius 2 is 0.962 bits per heavy atom. The summed E-state index contributed by atoms with van der Waals surface area (Å²) in [6, 6.07) is 68.0. The lowest BCUT2D eigenvalue weighted by Crippen LogP contribution is -2.61. The zero-order chi connectivity index (χ0) is 34.2. The van der Waals surface area contributed by atoms with Crippen LogP contribution in [-0.4, -0.2) is 6.71 Å². The highest BCUT2D eigenvalue weighted by atomic mass is 16.3. The van der Waals surface area contributed by atoms with Gasteiger partial charge in [-0.05, 0) is 76.0 Å². The fourth-order valence-corrected chi connectivity index (χ4v) is 8.68. The molecule has 4 heteroatoms. The molecule has 0 saturated carbocycles. The lowest BCUT2D eigenvalue weighted by Gasteiger charge is -2.44. The van der Waals surface area contributed by atoms with Crippen molar-refractivity contribution in [1.82, 2.24) is 0 Å². The van der Waals surface area contributed by atoms with Crippen molar-refractivity contribution >= 4 is 79.2 Å². The van der Waals surface area contributed by atoms with Crippen LogP contribution in [-0.2, 0) is 0 Å². The van der Waals surface area contributed by atoms with E-state index in [1.54, 1.807) is 0 Å². The Kier molecular flexibility index (Phi) is 6.35. The number of rotatable bonds is 4. The SMILES string of the molecule is c1ccc(-c2cccc(-c3ccccc3)c2N2c3ccccc3B3c4cc5oc6ccccc6c5cc4N(c4ccccc4)c4cccc2c43)cc1. The summed E-state index contributed by atoms with van der Waals surface area (Å²) in [5, 5.41) is 2.26. The van der Waals surface area contributed by atoms with Crippen molar-refractivity contribution < 1.29 is 4.42 Å². The minimum absolute atomic E-state index is 0.00436. The minimum atomic E-state index is -0.00436. The fourth-order valence-electron chi connectivity index (χ4n) is 8.68. The topological polar surface area (TPSA) is 19.6 Å². The Balaban J connectivity index is 1.25. The molecule has 1 aromatic heterocycles. The second kappa shape index (κ2) is 11.4. The van der Waals surface area contributed by atoms with Crippen LogP contribution in [0.3, 0.4) is 0 Å². The smallest absolute Gasteiger partial charge is 0.252 e. The molecule has 11 rings (SSSR count). The van der Waals surface area contributed by atoms with Crippen LogP contribution >= 0.6 is 0 Å². The lowest BCUT2D eigenvalue weighted by molar-refractivity contribution is 0.669. The average Bonchev–Trinajstić information content (AvgIpc) is 3.58. The van der Waals surface area contributed by atoms with E-state index < -0.39 is 0 Å². The molecule has 52 heavy (non-hydrogen) atoms. The molecule has 0 unspecified atom stereocenters. The molecule has 9 aromatic rings. The van der Waals surface area contributed by atoms with Crippen LogP contribution in [0.5, 0.6) is 0 Å². The van der Waals surface area contributed by atoms with Crippen molar-refractivity contribution in [3.05, 3.63) is 188 Å². The van der Waals surface area contributed by atoms with Crippen molar-refractivity contribution in [1.29, 1.82) is 0 Å². The zero-order valence-electron chi connectivity index (χ0n) is 28.3. The summed E-state index contributed by atoms with van der Waals surface area (Å²) in [6.07, 6.45) is 0. The maximum Gasteiger partial charge on any atom is 0.252 e. The highest BCUT2D eigenvalue weighted by Crippen LogP contribution is 2.50. The molecule has 2 aliphatic heterocycles. The lowest BCUT2D eigenvalue weighted by atomic mass is 9.33. The fraction of sp³-hybridized carbons (Fsp3) is 0. The standard InChI is InChI=1S/C48H31BN2O/c1-4-16-32(17-5-1)35-23-14-24-36(33-18-6-2-7-19-33)48(35)51-41-26-12-11-25-39(41)49-40-31-46-38(37-22-10-13-29-45(37)52-46)30-44(40)50(34-20-8-3-9-21-34)42-27-15-28-43(51)47(42)49/h1-31H. The van der Waals surface area contributed by atoms with E-state index in [0.29, 0.717) is 0 Å². The third-order valence-corrected chi connectivity index (χ3v) is 10.8. The molecule has 0 aliphatic carbocycles. The first-order valence-corrected chi connectivity index (χ1v) is 17.9. The minimum Gasteiger partial charge on any atom is -0.456 e. The van der Waals surface area contributed by atoms with Gasteiger partial charge >= 0.3 is 0 Å². The third kappa shape index (κ3) is 4.21. The molecule has 0 bridgehead atoms. The number of para-hydroxylation sites is 4. The molecule has 8 aromatic carbocycles. The Hall–Kier alpha value is -6.78. The Labute approximate surface area is 302 Å². The zero-order valence-corrected chi connectivity index (χ0v) is 28.3. The molecule has 0 N–H and O–H groups in total. The van der Waals surface area contributed by atoms with Crippen LogP contribution in [0.2, 0.25) is 0 Å². The van der Waals surface area contributed by atoms with Crippen LogP contribution in [0, 0.1) is 0 Å². The quantitative estimate of drug-likeness (QED) is 0.175. The van der Waals surface area contributed by atoms with E-state index in [4.69, 9.17) is 4.42 Å². The van der Waals surface area contributed by atoms with Gasteiger partial charge in [0.25, 0.3) is 6.71 Å². The Morgan fingerprint density at radius 1 is 0.385 bits per heavy atom. The van der Waals surface area contributed by atoms with E-state index in [1.807, 2.05) is 6.07 Å². The van der Waals surface area contributed by atoms with Gasteiger partial charge in [-0.3, -0.25) is 0 Å². The van der Waals surface area contributed by atoms with Crippen molar-refractivity contribution in [2.45, 2.75) is 0 Å². The predicted molar refractivity (Wildman–Crippen MR) is 219 cm³/mol. The Bertz CT molecular complexity index is 2750. The molecule has 3 nitrogen and oxygen atoms in total. The summed E-state index contributed by atoms with van der Waals surface area (Å²) in [7, 11) is 0. The largest absolute Gasteiger partial charge is 0.456 e. The maximum atomic E-state index is 6.57. The highest BCUT2D eigenvalue weighted by Gasteiger charge is 2.44. The third-order valence-electron chi connectivity index (χ3n) is 10.8. The van der Waals surface area contributed by atoms with Crippen LogP contribution in [0.4, 0.5) is 34.1 Å². The first kappa shape index (κ1) is 29.0. The van der Waals surface area contributed by atoms with E-state index in [-0.39, 0.29) is 6.71 Å². The first-order chi connectivity index (χ1) is 25.8. The van der Waals surface area contributed by atoms with Crippen LogP contribution in [0.1, 0.15) is 0 Å². The van der Waals surface area contributed by atoms with Gasteiger partial charge in [0.2, 0.25) is 0 Å². The van der Waals surface area contributed by atoms with Crippen LogP contribution < -0.4 is 26.2 Å². The summed E-state index contributed by atoms with van der Waals surface area (Å²) in [5.74, 6) is 0. The van der Waals surface area contributed by atoms with E-state index in [1.165, 1.54) is 67.1 Å². The summed E-state index contributed by atoms with van der Waals surface area (Å²) in [5.41, 5.74) is 17.4. The molecule has 0 amide bonds. The predicted octanol–water partition coefficient (Wildman–Crippen LogP) is 11.0. The number of benzene rings is 8. The van der Waals surface area contributed by atoms with Gasteiger partial charge in [0.05, 0.1) is 5.69 Å². The first-order valence-electron chi connectivity index (χ1n) is 17.9. The normalized spacial score (nSPS) is 12.9. The van der Waals surface area contributed by atoms with Gasteiger partial charge in [-0.2, -0.15) is 0 Å². The number of anilines is 6. The van der Waals surface area contributed by atoms with E-state index in [2.05, 4.69) is 192 Å². The molecule has 3 heterocycles. The molecule has 0 spiro atoms. The molecule has 0 atom stereocenters. The summed E-state index contributed by atoms with van der Waals surface area (Å²) >= 11 is 0. The highest BCUT2D eigenvalue weighted by molar-refractivity contribution is 7.00. The number of hydrogen-bond donors (Lipinski definition) is 0. The summed E-state index contributed by atoms with van der Waals surface area (Å²) in [4.78, 5) is 4.99. The monoisotopic (exact) mass is 662 g/mol. The number of fused-ring (bicyclic) bond motifs is 7. The van der Waals surface area contributed by atoms with Crippen molar-refractivity contribution in [3.63, 3.8) is 0 Å². The second-order valence-corrected chi connectivity index (χ2v) is 13.6. The number of hydrogen-bond acceptors (Lipinski definition) is 3. The van der Waals surface area contributed by atoms with Crippen LogP contribution in [0.25, 0.3) is 44.2 Å². The van der Waals surface area contributed by atoms with E-state index in [0.717, 1.165) is 27.6 Å². The van der Waals surface area contributed by atoms with Gasteiger partial charge in [-0.25, -0.2) is 0 Å². The van der Waals surface area contributed by atoms with Gasteiger partial charge in [0.1, 0.15) is 11.2 Å². The average molecular weight is 663 g/mol. The molecule has 0 fully saturated rings. The molecular formula is C48H31BN2O. The summed E-state index contributed by atoms with van der Waals surface area (Å²) < 4.78 is 6.57. The van der Waals surface area contributed by atoms with Crippen molar-refractivity contribution in [3.8, 4) is 22.3 Å². The second-order valence-electron chi connectivity index (χ2n) is 13.6. The number of furan rings is 1. The van der Waals surface area contributed by atoms with E-state index >= 15 is 0 Å². The molecule has 0 saturated heterocycles. The molecule has 2 aliphatic rings. The van der Waals surface area contributed by atoms with Crippen LogP contribution in [0.15, 0.2) is 192 Å².